The second kappa shape index (κ2) is 5.19. The molecule has 1 saturated heterocycles. The zero-order valence-corrected chi connectivity index (χ0v) is 11.3. The molecule has 15 heavy (non-hydrogen) atoms. The Balaban J connectivity index is 2.51. The maximum atomic E-state index is 11.8. The number of hydrogen-bond acceptors (Lipinski definition) is 2. The zero-order valence-electron chi connectivity index (χ0n) is 9.75. The average molecular weight is 278 g/mol. The van der Waals surface area contributed by atoms with E-state index in [1.165, 1.54) is 0 Å². The van der Waals surface area contributed by atoms with Crippen molar-refractivity contribution in [3.05, 3.63) is 0 Å². The second-order valence-corrected chi connectivity index (χ2v) is 5.74. The largest absolute Gasteiger partial charge is 0.444 e. The Morgan fingerprint density at radius 2 is 2.20 bits per heavy atom. The van der Waals surface area contributed by atoms with E-state index in [-0.39, 0.29) is 6.09 Å². The Kier molecular flexibility index (Phi) is 4.44. The lowest BCUT2D eigenvalue weighted by atomic mass is 10.2. The van der Waals surface area contributed by atoms with Crippen molar-refractivity contribution in [2.75, 3.05) is 11.9 Å². The summed E-state index contributed by atoms with van der Waals surface area (Å²) >= 11 is 3.42. The van der Waals surface area contributed by atoms with Gasteiger partial charge in [0.1, 0.15) is 5.60 Å². The highest BCUT2D eigenvalue weighted by molar-refractivity contribution is 9.09. The van der Waals surface area contributed by atoms with Gasteiger partial charge in [-0.1, -0.05) is 15.9 Å². The van der Waals surface area contributed by atoms with Crippen LogP contribution in [-0.2, 0) is 4.74 Å². The molecule has 1 atom stereocenters. The van der Waals surface area contributed by atoms with Crippen LogP contribution in [0.5, 0.6) is 0 Å². The number of carbonyl (C=O) groups excluding carboxylic acids is 1. The van der Waals surface area contributed by atoms with Gasteiger partial charge in [-0.25, -0.2) is 4.79 Å². The van der Waals surface area contributed by atoms with Gasteiger partial charge in [0.2, 0.25) is 0 Å². The van der Waals surface area contributed by atoms with Crippen molar-refractivity contribution in [3.8, 4) is 0 Å². The monoisotopic (exact) mass is 277 g/mol. The van der Waals surface area contributed by atoms with E-state index in [2.05, 4.69) is 15.9 Å². The van der Waals surface area contributed by atoms with E-state index in [4.69, 9.17) is 4.74 Å². The predicted molar refractivity (Wildman–Crippen MR) is 64.4 cm³/mol. The van der Waals surface area contributed by atoms with E-state index < -0.39 is 5.60 Å². The summed E-state index contributed by atoms with van der Waals surface area (Å²) in [5, 5.41) is 0.941. The first-order valence-corrected chi connectivity index (χ1v) is 6.62. The van der Waals surface area contributed by atoms with Crippen LogP contribution in [0, 0.1) is 0 Å². The van der Waals surface area contributed by atoms with Gasteiger partial charge in [-0.15, -0.1) is 0 Å². The maximum Gasteiger partial charge on any atom is 0.410 e. The molecule has 1 fully saturated rings. The molecule has 1 aliphatic rings. The summed E-state index contributed by atoms with van der Waals surface area (Å²) in [6.45, 7) is 6.55. The van der Waals surface area contributed by atoms with Gasteiger partial charge in [0, 0.05) is 17.9 Å². The first-order chi connectivity index (χ1) is 6.94. The molecule has 1 heterocycles. The molecule has 0 aliphatic carbocycles. The van der Waals surface area contributed by atoms with Crippen LogP contribution in [0.4, 0.5) is 4.79 Å². The Labute approximate surface area is 100 Å². The van der Waals surface area contributed by atoms with Crippen LogP contribution in [0.3, 0.4) is 0 Å². The Hall–Kier alpha value is -0.250. The minimum absolute atomic E-state index is 0.161. The number of alkyl halides is 1. The van der Waals surface area contributed by atoms with E-state index in [1.807, 2.05) is 25.7 Å². The third-order valence-corrected chi connectivity index (χ3v) is 2.91. The minimum atomic E-state index is -0.390. The highest BCUT2D eigenvalue weighted by atomic mass is 79.9. The van der Waals surface area contributed by atoms with Gasteiger partial charge in [0.05, 0.1) is 0 Å². The van der Waals surface area contributed by atoms with E-state index in [0.29, 0.717) is 6.04 Å². The molecular formula is C11H20BrNO2. The average Bonchev–Trinajstić information content (AvgIpc) is 2.49. The van der Waals surface area contributed by atoms with E-state index in [9.17, 15) is 4.79 Å². The lowest BCUT2D eigenvalue weighted by molar-refractivity contribution is 0.0225. The zero-order chi connectivity index (χ0) is 11.5. The number of amides is 1. The third-order valence-electron chi connectivity index (χ3n) is 2.45. The molecule has 1 amide bonds. The standard InChI is InChI=1S/C11H20BrNO2/c1-11(2,3)15-10(14)13-8-4-5-9(13)6-7-12/h9H,4-8H2,1-3H3/t9-/m0/s1. The summed E-state index contributed by atoms with van der Waals surface area (Å²) in [4.78, 5) is 13.7. The molecule has 0 bridgehead atoms. The molecule has 4 heteroatoms. The Morgan fingerprint density at radius 1 is 1.53 bits per heavy atom. The molecule has 0 unspecified atom stereocenters. The first kappa shape index (κ1) is 12.8. The highest BCUT2D eigenvalue weighted by Crippen LogP contribution is 2.23. The van der Waals surface area contributed by atoms with Crippen LogP contribution in [0.15, 0.2) is 0 Å². The summed E-state index contributed by atoms with van der Waals surface area (Å²) in [5.74, 6) is 0. The van der Waals surface area contributed by atoms with Crippen LogP contribution >= 0.6 is 15.9 Å². The molecule has 1 aliphatic heterocycles. The summed E-state index contributed by atoms with van der Waals surface area (Å²) in [5.41, 5.74) is -0.390. The first-order valence-electron chi connectivity index (χ1n) is 5.49. The van der Waals surface area contributed by atoms with Gasteiger partial charge in [0.25, 0.3) is 0 Å². The van der Waals surface area contributed by atoms with Crippen LogP contribution in [-0.4, -0.2) is 34.5 Å². The van der Waals surface area contributed by atoms with Crippen molar-refractivity contribution in [3.63, 3.8) is 0 Å². The van der Waals surface area contributed by atoms with Crippen molar-refractivity contribution in [1.29, 1.82) is 0 Å². The number of ether oxygens (including phenoxy) is 1. The topological polar surface area (TPSA) is 29.5 Å². The normalized spacial score (nSPS) is 21.9. The third kappa shape index (κ3) is 4.01. The predicted octanol–water partition coefficient (Wildman–Crippen LogP) is 3.17. The quantitative estimate of drug-likeness (QED) is 0.726. The van der Waals surface area contributed by atoms with Gasteiger partial charge < -0.3 is 9.64 Å². The molecule has 0 N–H and O–H groups in total. The van der Waals surface area contributed by atoms with Gasteiger partial charge in [0.15, 0.2) is 0 Å². The van der Waals surface area contributed by atoms with Crippen LogP contribution in [0.25, 0.3) is 0 Å². The second-order valence-electron chi connectivity index (χ2n) is 4.95. The van der Waals surface area contributed by atoms with Crippen LogP contribution < -0.4 is 0 Å². The molecular weight excluding hydrogens is 258 g/mol. The van der Waals surface area contributed by atoms with Crippen molar-refractivity contribution < 1.29 is 9.53 Å². The van der Waals surface area contributed by atoms with E-state index in [1.54, 1.807) is 0 Å². The van der Waals surface area contributed by atoms with Gasteiger partial charge in [-0.2, -0.15) is 0 Å². The molecule has 0 saturated carbocycles. The van der Waals surface area contributed by atoms with Crippen molar-refractivity contribution >= 4 is 22.0 Å². The van der Waals surface area contributed by atoms with Gasteiger partial charge >= 0.3 is 6.09 Å². The van der Waals surface area contributed by atoms with Crippen molar-refractivity contribution in [2.45, 2.75) is 51.7 Å². The summed E-state index contributed by atoms with van der Waals surface area (Å²) < 4.78 is 5.37. The van der Waals surface area contributed by atoms with Crippen molar-refractivity contribution in [1.82, 2.24) is 4.90 Å². The maximum absolute atomic E-state index is 11.8. The number of hydrogen-bond donors (Lipinski definition) is 0. The SMILES string of the molecule is CC(C)(C)OC(=O)N1CCC[C@H]1CCBr. The molecule has 0 radical (unpaired) electrons. The number of carbonyl (C=O) groups is 1. The summed E-state index contributed by atoms with van der Waals surface area (Å²) in [7, 11) is 0. The number of likely N-dealkylation sites (tertiary alicyclic amines) is 1. The van der Waals surface area contributed by atoms with Crippen LogP contribution in [0.2, 0.25) is 0 Å². The number of rotatable bonds is 2. The van der Waals surface area contributed by atoms with E-state index in [0.717, 1.165) is 31.1 Å². The number of halogens is 1. The Morgan fingerprint density at radius 3 is 2.73 bits per heavy atom. The lowest BCUT2D eigenvalue weighted by Crippen LogP contribution is -2.39. The van der Waals surface area contributed by atoms with Gasteiger partial charge in [-0.05, 0) is 40.0 Å². The number of nitrogens with zero attached hydrogens (tertiary/aromatic N) is 1. The molecule has 0 aromatic carbocycles. The van der Waals surface area contributed by atoms with Gasteiger partial charge in [-0.3, -0.25) is 0 Å². The molecule has 88 valence electrons. The van der Waals surface area contributed by atoms with E-state index >= 15 is 0 Å². The van der Waals surface area contributed by atoms with Crippen molar-refractivity contribution in [2.24, 2.45) is 0 Å². The summed E-state index contributed by atoms with van der Waals surface area (Å²) in [6.07, 6.45) is 3.05. The minimum Gasteiger partial charge on any atom is -0.444 e. The smallest absolute Gasteiger partial charge is 0.410 e. The fraction of sp³-hybridized carbons (Fsp3) is 0.909. The van der Waals surface area contributed by atoms with Crippen LogP contribution in [0.1, 0.15) is 40.0 Å². The molecule has 0 aromatic rings. The lowest BCUT2D eigenvalue weighted by Gasteiger charge is -2.28. The fourth-order valence-electron chi connectivity index (χ4n) is 1.82. The molecule has 3 nitrogen and oxygen atoms in total. The molecule has 0 spiro atoms. The molecule has 0 aromatic heterocycles. The summed E-state index contributed by atoms with van der Waals surface area (Å²) in [6, 6.07) is 0.360. The molecule has 1 rings (SSSR count). The highest BCUT2D eigenvalue weighted by Gasteiger charge is 2.31. The Bertz CT molecular complexity index is 225. The fourth-order valence-corrected chi connectivity index (χ4v) is 2.35.